The van der Waals surface area contributed by atoms with Crippen LogP contribution in [0.3, 0.4) is 0 Å². The number of hydrogen-bond acceptors (Lipinski definition) is 4. The molecule has 4 heteroatoms. The Balaban J connectivity index is 2.65. The van der Waals surface area contributed by atoms with E-state index in [4.69, 9.17) is 10.5 Å². The third-order valence-electron chi connectivity index (χ3n) is 1.99. The van der Waals surface area contributed by atoms with E-state index in [9.17, 15) is 0 Å². The SMILES string of the molecule is CC(CN)Cc1ccnc(OC(C)C)n1. The predicted octanol–water partition coefficient (Wildman–Crippen LogP) is 1.40. The Kier molecular flexibility index (Phi) is 4.49. The van der Waals surface area contributed by atoms with Crippen LogP contribution in [0.2, 0.25) is 0 Å². The van der Waals surface area contributed by atoms with Crippen LogP contribution in [-0.2, 0) is 6.42 Å². The van der Waals surface area contributed by atoms with Crippen molar-refractivity contribution in [3.05, 3.63) is 18.0 Å². The molecule has 0 aliphatic heterocycles. The fourth-order valence-electron chi connectivity index (χ4n) is 1.20. The summed E-state index contributed by atoms with van der Waals surface area (Å²) in [5.41, 5.74) is 6.55. The van der Waals surface area contributed by atoms with E-state index in [1.807, 2.05) is 19.9 Å². The van der Waals surface area contributed by atoms with Crippen LogP contribution in [0.1, 0.15) is 26.5 Å². The van der Waals surface area contributed by atoms with E-state index in [0.29, 0.717) is 18.5 Å². The molecule has 0 spiro atoms. The zero-order chi connectivity index (χ0) is 11.3. The summed E-state index contributed by atoms with van der Waals surface area (Å²) in [6, 6.07) is 2.35. The lowest BCUT2D eigenvalue weighted by atomic mass is 10.1. The lowest BCUT2D eigenvalue weighted by Gasteiger charge is -2.10. The molecule has 15 heavy (non-hydrogen) atoms. The molecule has 1 rings (SSSR count). The number of rotatable bonds is 5. The topological polar surface area (TPSA) is 61.0 Å². The molecule has 0 aromatic carbocycles. The highest BCUT2D eigenvalue weighted by molar-refractivity contribution is 5.06. The molecule has 0 aliphatic carbocycles. The van der Waals surface area contributed by atoms with Crippen LogP contribution in [0.4, 0.5) is 0 Å². The number of nitrogens with two attached hydrogens (primary N) is 1. The second kappa shape index (κ2) is 5.66. The predicted molar refractivity (Wildman–Crippen MR) is 59.7 cm³/mol. The Morgan fingerprint density at radius 3 is 2.73 bits per heavy atom. The first-order valence-electron chi connectivity index (χ1n) is 5.30. The van der Waals surface area contributed by atoms with Gasteiger partial charge in [-0.25, -0.2) is 9.97 Å². The van der Waals surface area contributed by atoms with Crippen molar-refractivity contribution in [2.75, 3.05) is 6.54 Å². The minimum Gasteiger partial charge on any atom is -0.461 e. The molecule has 1 aromatic heterocycles. The van der Waals surface area contributed by atoms with Crippen LogP contribution in [0.25, 0.3) is 0 Å². The Morgan fingerprint density at radius 1 is 1.40 bits per heavy atom. The molecule has 1 heterocycles. The highest BCUT2D eigenvalue weighted by Gasteiger charge is 2.05. The van der Waals surface area contributed by atoms with Crippen LogP contribution in [0, 0.1) is 5.92 Å². The van der Waals surface area contributed by atoms with Gasteiger partial charge in [-0.3, -0.25) is 0 Å². The van der Waals surface area contributed by atoms with Crippen molar-refractivity contribution >= 4 is 0 Å². The van der Waals surface area contributed by atoms with Gasteiger partial charge in [-0.15, -0.1) is 0 Å². The molecular weight excluding hydrogens is 190 g/mol. The summed E-state index contributed by atoms with van der Waals surface area (Å²) in [7, 11) is 0. The average molecular weight is 209 g/mol. The highest BCUT2D eigenvalue weighted by atomic mass is 16.5. The summed E-state index contributed by atoms with van der Waals surface area (Å²) < 4.78 is 5.42. The second-order valence-electron chi connectivity index (χ2n) is 4.04. The Labute approximate surface area is 90.9 Å². The second-order valence-corrected chi connectivity index (χ2v) is 4.04. The van der Waals surface area contributed by atoms with Crippen molar-refractivity contribution in [3.63, 3.8) is 0 Å². The van der Waals surface area contributed by atoms with E-state index >= 15 is 0 Å². The van der Waals surface area contributed by atoms with Gasteiger partial charge in [0.2, 0.25) is 0 Å². The third-order valence-corrected chi connectivity index (χ3v) is 1.99. The largest absolute Gasteiger partial charge is 0.461 e. The zero-order valence-corrected chi connectivity index (χ0v) is 9.60. The van der Waals surface area contributed by atoms with E-state index in [1.54, 1.807) is 6.20 Å². The molecule has 84 valence electrons. The Bertz CT molecular complexity index is 302. The van der Waals surface area contributed by atoms with Crippen LogP contribution in [0.15, 0.2) is 12.3 Å². The van der Waals surface area contributed by atoms with Gasteiger partial charge in [0.1, 0.15) is 0 Å². The summed E-state index contributed by atoms with van der Waals surface area (Å²) in [4.78, 5) is 8.36. The van der Waals surface area contributed by atoms with Crippen molar-refractivity contribution in [1.29, 1.82) is 0 Å². The van der Waals surface area contributed by atoms with Crippen molar-refractivity contribution < 1.29 is 4.74 Å². The van der Waals surface area contributed by atoms with Gasteiger partial charge in [-0.1, -0.05) is 6.92 Å². The van der Waals surface area contributed by atoms with Gasteiger partial charge in [0.25, 0.3) is 0 Å². The maximum atomic E-state index is 5.56. The monoisotopic (exact) mass is 209 g/mol. The third kappa shape index (κ3) is 4.25. The maximum absolute atomic E-state index is 5.56. The molecule has 0 fully saturated rings. The smallest absolute Gasteiger partial charge is 0.316 e. The van der Waals surface area contributed by atoms with E-state index in [0.717, 1.165) is 12.1 Å². The van der Waals surface area contributed by atoms with Gasteiger partial charge < -0.3 is 10.5 Å². The van der Waals surface area contributed by atoms with E-state index < -0.39 is 0 Å². The normalized spacial score (nSPS) is 12.9. The number of hydrogen-bond donors (Lipinski definition) is 1. The zero-order valence-electron chi connectivity index (χ0n) is 9.60. The molecule has 1 atom stereocenters. The Hall–Kier alpha value is -1.16. The minimum absolute atomic E-state index is 0.104. The van der Waals surface area contributed by atoms with Gasteiger partial charge in [-0.2, -0.15) is 0 Å². The molecule has 0 bridgehead atoms. The standard InChI is InChI=1S/C11H19N3O/c1-8(2)15-11-13-5-4-10(14-11)6-9(3)7-12/h4-5,8-9H,6-7,12H2,1-3H3. The van der Waals surface area contributed by atoms with Crippen molar-refractivity contribution in [2.24, 2.45) is 11.7 Å². The molecule has 4 nitrogen and oxygen atoms in total. The van der Waals surface area contributed by atoms with E-state index in [2.05, 4.69) is 16.9 Å². The highest BCUT2D eigenvalue weighted by Crippen LogP contribution is 2.09. The summed E-state index contributed by atoms with van der Waals surface area (Å²) in [6.45, 7) is 6.69. The molecule has 0 amide bonds. The van der Waals surface area contributed by atoms with Crippen molar-refractivity contribution in [1.82, 2.24) is 9.97 Å². The van der Waals surface area contributed by atoms with Crippen molar-refractivity contribution in [2.45, 2.75) is 33.3 Å². The van der Waals surface area contributed by atoms with Crippen LogP contribution in [-0.4, -0.2) is 22.6 Å². The number of nitrogens with zero attached hydrogens (tertiary/aromatic N) is 2. The van der Waals surface area contributed by atoms with Crippen LogP contribution in [0.5, 0.6) is 6.01 Å². The van der Waals surface area contributed by atoms with Crippen LogP contribution < -0.4 is 10.5 Å². The van der Waals surface area contributed by atoms with E-state index in [-0.39, 0.29) is 6.10 Å². The summed E-state index contributed by atoms with van der Waals surface area (Å²) >= 11 is 0. The van der Waals surface area contributed by atoms with E-state index in [1.165, 1.54) is 0 Å². The van der Waals surface area contributed by atoms with Gasteiger partial charge in [-0.05, 0) is 38.8 Å². The molecule has 0 saturated carbocycles. The Morgan fingerprint density at radius 2 is 2.13 bits per heavy atom. The first kappa shape index (κ1) is 11.9. The quantitative estimate of drug-likeness (QED) is 0.796. The maximum Gasteiger partial charge on any atom is 0.316 e. The van der Waals surface area contributed by atoms with Gasteiger partial charge in [0.05, 0.1) is 6.10 Å². The molecule has 2 N–H and O–H groups in total. The summed E-state index contributed by atoms with van der Waals surface area (Å²) in [5.74, 6) is 0.437. The first-order valence-corrected chi connectivity index (χ1v) is 5.30. The molecule has 1 unspecified atom stereocenters. The van der Waals surface area contributed by atoms with Gasteiger partial charge in [0.15, 0.2) is 0 Å². The van der Waals surface area contributed by atoms with Crippen molar-refractivity contribution in [3.8, 4) is 6.01 Å². The fraction of sp³-hybridized carbons (Fsp3) is 0.636. The summed E-state index contributed by atoms with van der Waals surface area (Å²) in [5, 5.41) is 0. The average Bonchev–Trinajstić information content (AvgIpc) is 2.17. The van der Waals surface area contributed by atoms with Gasteiger partial charge >= 0.3 is 6.01 Å². The molecule has 0 aliphatic rings. The first-order chi connectivity index (χ1) is 7.11. The fourth-order valence-corrected chi connectivity index (χ4v) is 1.20. The number of ether oxygens (including phenoxy) is 1. The summed E-state index contributed by atoms with van der Waals surface area (Å²) in [6.07, 6.45) is 2.70. The lowest BCUT2D eigenvalue weighted by Crippen LogP contribution is -2.15. The van der Waals surface area contributed by atoms with Gasteiger partial charge in [0, 0.05) is 11.9 Å². The molecule has 0 radical (unpaired) electrons. The minimum atomic E-state index is 0.104. The van der Waals surface area contributed by atoms with Crippen LogP contribution >= 0.6 is 0 Å². The molecule has 0 saturated heterocycles. The molecule has 1 aromatic rings. The molecular formula is C11H19N3O. The number of aromatic nitrogens is 2. The lowest BCUT2D eigenvalue weighted by molar-refractivity contribution is 0.221.